The molecule has 0 atom stereocenters. The van der Waals surface area contributed by atoms with Gasteiger partial charge in [-0.2, -0.15) is 5.10 Å². The molecule has 0 bridgehead atoms. The van der Waals surface area contributed by atoms with E-state index in [4.69, 9.17) is 12.2 Å². The van der Waals surface area contributed by atoms with E-state index >= 15 is 0 Å². The molecule has 0 spiro atoms. The van der Waals surface area contributed by atoms with Crippen LogP contribution in [0.25, 0.3) is 16.0 Å². The summed E-state index contributed by atoms with van der Waals surface area (Å²) >= 11 is 6.95. The fourth-order valence-corrected chi connectivity index (χ4v) is 4.06. The third kappa shape index (κ3) is 3.89. The minimum atomic E-state index is -0.440. The van der Waals surface area contributed by atoms with E-state index in [-0.39, 0.29) is 5.69 Å². The zero-order valence-corrected chi connectivity index (χ0v) is 16.8. The van der Waals surface area contributed by atoms with Gasteiger partial charge in [-0.1, -0.05) is 29.5 Å². The molecule has 8 nitrogen and oxygen atoms in total. The van der Waals surface area contributed by atoms with E-state index < -0.39 is 4.92 Å². The van der Waals surface area contributed by atoms with Crippen LogP contribution >= 0.6 is 23.6 Å². The molecule has 0 aliphatic heterocycles. The normalized spacial score (nSPS) is 11.2. The van der Waals surface area contributed by atoms with E-state index in [2.05, 4.69) is 20.5 Å². The van der Waals surface area contributed by atoms with Gasteiger partial charge >= 0.3 is 0 Å². The Bertz CT molecular complexity index is 1280. The van der Waals surface area contributed by atoms with Crippen LogP contribution < -0.4 is 5.43 Å². The lowest BCUT2D eigenvalue weighted by atomic mass is 10.2. The minimum absolute atomic E-state index is 0.0327. The van der Waals surface area contributed by atoms with E-state index in [0.717, 1.165) is 16.0 Å². The van der Waals surface area contributed by atoms with Crippen molar-refractivity contribution >= 4 is 51.6 Å². The van der Waals surface area contributed by atoms with E-state index in [1.807, 2.05) is 34.9 Å². The first-order valence-corrected chi connectivity index (χ1v) is 9.74. The Morgan fingerprint density at radius 2 is 1.90 bits per heavy atom. The molecule has 4 rings (SSSR count). The third-order valence-electron chi connectivity index (χ3n) is 4.05. The maximum atomic E-state index is 10.7. The van der Waals surface area contributed by atoms with Crippen molar-refractivity contribution in [1.29, 1.82) is 0 Å². The molecule has 1 N–H and O–H groups in total. The number of rotatable bonds is 5. The van der Waals surface area contributed by atoms with Gasteiger partial charge in [0.25, 0.3) is 5.69 Å². The van der Waals surface area contributed by atoms with Crippen LogP contribution in [0, 0.1) is 21.0 Å². The van der Waals surface area contributed by atoms with Crippen LogP contribution in [0.3, 0.4) is 0 Å². The number of nitro benzene ring substituents is 1. The highest BCUT2D eigenvalue weighted by molar-refractivity contribution is 7.73. The van der Waals surface area contributed by atoms with Crippen molar-refractivity contribution in [2.24, 2.45) is 5.10 Å². The first-order chi connectivity index (χ1) is 14.0. The Morgan fingerprint density at radius 3 is 2.59 bits per heavy atom. The van der Waals surface area contributed by atoms with Crippen molar-refractivity contribution in [2.75, 3.05) is 5.43 Å². The van der Waals surface area contributed by atoms with Gasteiger partial charge in [0.15, 0.2) is 15.4 Å². The lowest BCUT2D eigenvalue weighted by Crippen LogP contribution is -2.01. The molecule has 0 aliphatic carbocycles. The molecule has 4 aromatic rings. The van der Waals surface area contributed by atoms with Gasteiger partial charge in [-0.05, 0) is 49.0 Å². The number of benzene rings is 2. The van der Waals surface area contributed by atoms with Gasteiger partial charge in [0.1, 0.15) is 10.5 Å². The lowest BCUT2D eigenvalue weighted by Gasteiger charge is -2.06. The number of nitrogens with zero attached hydrogens (tertiary/aromatic N) is 5. The molecule has 0 unspecified atom stereocenters. The second-order valence-electron chi connectivity index (χ2n) is 6.03. The highest BCUT2D eigenvalue weighted by Crippen LogP contribution is 2.30. The molecule has 0 saturated carbocycles. The smallest absolute Gasteiger partial charge is 0.269 e. The molecule has 0 amide bonds. The number of aromatic nitrogens is 3. The molecular formula is C19H14N6O2S2. The average molecular weight is 422 g/mol. The number of thiazole rings is 1. The molecule has 0 radical (unpaired) electrons. The number of nitro groups is 1. The van der Waals surface area contributed by atoms with E-state index in [1.165, 1.54) is 23.5 Å². The number of hydrogen-bond donors (Lipinski definition) is 1. The van der Waals surface area contributed by atoms with Crippen molar-refractivity contribution in [3.05, 3.63) is 80.1 Å². The number of hydrogen-bond acceptors (Lipinski definition) is 8. The Balaban J connectivity index is 1.68. The van der Waals surface area contributed by atoms with Crippen LogP contribution in [0.4, 0.5) is 11.5 Å². The highest BCUT2D eigenvalue weighted by Gasteiger charge is 2.14. The van der Waals surface area contributed by atoms with Gasteiger partial charge in [0.05, 0.1) is 11.1 Å². The summed E-state index contributed by atoms with van der Waals surface area (Å²) in [5.74, 6) is 1.14. The molecule has 10 heteroatoms. The summed E-state index contributed by atoms with van der Waals surface area (Å²) in [6.07, 6.45) is 1.57. The van der Waals surface area contributed by atoms with Crippen LogP contribution in [-0.2, 0) is 0 Å². The van der Waals surface area contributed by atoms with Gasteiger partial charge in [-0.15, -0.1) is 0 Å². The van der Waals surface area contributed by atoms with Gasteiger partial charge in [-0.3, -0.25) is 20.1 Å². The van der Waals surface area contributed by atoms with Crippen molar-refractivity contribution < 1.29 is 4.92 Å². The maximum absolute atomic E-state index is 10.7. The monoisotopic (exact) mass is 422 g/mol. The summed E-state index contributed by atoms with van der Waals surface area (Å²) in [5, 5.41) is 15.0. The highest BCUT2D eigenvalue weighted by atomic mass is 32.1. The molecule has 2 heterocycles. The van der Waals surface area contributed by atoms with Crippen molar-refractivity contribution in [1.82, 2.24) is 14.5 Å². The predicted molar refractivity (Wildman–Crippen MR) is 117 cm³/mol. The first kappa shape index (κ1) is 18.8. The summed E-state index contributed by atoms with van der Waals surface area (Å²) < 4.78 is 3.37. The Hall–Kier alpha value is -3.50. The van der Waals surface area contributed by atoms with Gasteiger partial charge < -0.3 is 0 Å². The summed E-state index contributed by atoms with van der Waals surface area (Å²) in [5.41, 5.74) is 5.34. The molecule has 2 aromatic heterocycles. The Labute approximate surface area is 174 Å². The number of fused-ring (bicyclic) bond motifs is 1. The topological polar surface area (TPSA) is 98.2 Å². The maximum Gasteiger partial charge on any atom is 0.269 e. The standard InChI is InChI=1S/C19H14N6O2S2/c1-12-21-17(23-20-11-13-7-9-15(10-8-13)25(26)27)16-18(22-12)24(19(28)29-16)14-5-3-2-4-6-14/h2-11H,1H3,(H,21,22,23). The van der Waals surface area contributed by atoms with E-state index in [9.17, 15) is 10.1 Å². The molecule has 0 aliphatic rings. The SMILES string of the molecule is Cc1nc(NN=Cc2ccc([N+](=O)[O-])cc2)c2sc(=S)n(-c3ccccc3)c2n1. The second kappa shape index (κ2) is 7.86. The Morgan fingerprint density at radius 1 is 1.17 bits per heavy atom. The van der Waals surface area contributed by atoms with Crippen molar-refractivity contribution in [3.8, 4) is 5.69 Å². The Kier molecular flexibility index (Phi) is 5.10. The predicted octanol–water partition coefficient (Wildman–Crippen LogP) is 4.87. The zero-order chi connectivity index (χ0) is 20.4. The molecule has 0 saturated heterocycles. The van der Waals surface area contributed by atoms with Crippen LogP contribution in [0.1, 0.15) is 11.4 Å². The molecule has 0 fully saturated rings. The van der Waals surface area contributed by atoms with Crippen LogP contribution in [-0.4, -0.2) is 25.7 Å². The largest absolute Gasteiger partial charge is 0.276 e. The van der Waals surface area contributed by atoms with Crippen LogP contribution in [0.15, 0.2) is 59.7 Å². The number of nitrogens with one attached hydrogen (secondary N) is 1. The fourth-order valence-electron chi connectivity index (χ4n) is 2.74. The fraction of sp³-hybridized carbons (Fsp3) is 0.0526. The zero-order valence-electron chi connectivity index (χ0n) is 15.1. The summed E-state index contributed by atoms with van der Waals surface area (Å²) in [6.45, 7) is 1.81. The molecule has 144 valence electrons. The number of anilines is 1. The number of para-hydroxylation sites is 1. The van der Waals surface area contributed by atoms with Gasteiger partial charge in [-0.25, -0.2) is 9.97 Å². The number of aryl methyl sites for hydroxylation is 1. The third-order valence-corrected chi connectivity index (χ3v) is 5.42. The van der Waals surface area contributed by atoms with Crippen molar-refractivity contribution in [2.45, 2.75) is 6.92 Å². The molecular weight excluding hydrogens is 408 g/mol. The number of non-ortho nitro benzene ring substituents is 1. The molecule has 29 heavy (non-hydrogen) atoms. The van der Waals surface area contributed by atoms with Crippen LogP contribution in [0.5, 0.6) is 0 Å². The van der Waals surface area contributed by atoms with Crippen molar-refractivity contribution in [3.63, 3.8) is 0 Å². The quantitative estimate of drug-likeness (QED) is 0.213. The van der Waals surface area contributed by atoms with Crippen LogP contribution in [0.2, 0.25) is 0 Å². The minimum Gasteiger partial charge on any atom is -0.276 e. The second-order valence-corrected chi connectivity index (χ2v) is 7.67. The van der Waals surface area contributed by atoms with Gasteiger partial charge in [0, 0.05) is 17.8 Å². The summed E-state index contributed by atoms with van der Waals surface area (Å²) in [7, 11) is 0. The van der Waals surface area contributed by atoms with E-state index in [1.54, 1.807) is 25.3 Å². The summed E-state index contributed by atoms with van der Waals surface area (Å²) in [4.78, 5) is 19.3. The molecule has 2 aromatic carbocycles. The first-order valence-electron chi connectivity index (χ1n) is 8.52. The average Bonchev–Trinajstić information content (AvgIpc) is 3.04. The number of hydrazone groups is 1. The van der Waals surface area contributed by atoms with E-state index in [0.29, 0.717) is 21.2 Å². The van der Waals surface area contributed by atoms with Gasteiger partial charge in [0.2, 0.25) is 0 Å². The summed E-state index contributed by atoms with van der Waals surface area (Å²) in [6, 6.07) is 15.9. The lowest BCUT2D eigenvalue weighted by molar-refractivity contribution is -0.384.